The predicted octanol–water partition coefficient (Wildman–Crippen LogP) is 5.87. The number of carbonyl (C=O) groups excluding carboxylic acids is 2. The first-order valence-corrected chi connectivity index (χ1v) is 13.2. The minimum absolute atomic E-state index is 0.0740. The summed E-state index contributed by atoms with van der Waals surface area (Å²) in [4.78, 5) is 34.0. The summed E-state index contributed by atoms with van der Waals surface area (Å²) < 4.78 is 6.09. The third-order valence-corrected chi connectivity index (χ3v) is 7.91. The molecule has 0 bridgehead atoms. The lowest BCUT2D eigenvalue weighted by atomic mass is 10.1. The highest BCUT2D eigenvalue weighted by Gasteiger charge is 2.33. The third-order valence-electron chi connectivity index (χ3n) is 6.81. The van der Waals surface area contributed by atoms with E-state index in [1.165, 1.54) is 11.3 Å². The van der Waals surface area contributed by atoms with Crippen molar-refractivity contribution in [1.29, 1.82) is 0 Å². The van der Waals surface area contributed by atoms with Gasteiger partial charge in [0, 0.05) is 18.8 Å². The maximum absolute atomic E-state index is 13.5. The van der Waals surface area contributed by atoms with E-state index in [2.05, 4.69) is 20.9 Å². The zero-order valence-electron chi connectivity index (χ0n) is 20.6. The zero-order valence-corrected chi connectivity index (χ0v) is 21.4. The van der Waals surface area contributed by atoms with Crippen LogP contribution in [-0.4, -0.2) is 36.1 Å². The molecule has 0 spiro atoms. The summed E-state index contributed by atoms with van der Waals surface area (Å²) in [5.74, 6) is 1.31. The molecule has 0 aliphatic carbocycles. The molecule has 9 heteroatoms. The zero-order chi connectivity index (χ0) is 25.5. The van der Waals surface area contributed by atoms with Crippen molar-refractivity contribution in [2.24, 2.45) is 0 Å². The first-order chi connectivity index (χ1) is 18.0. The molecule has 4 heterocycles. The number of piperidine rings is 1. The third kappa shape index (κ3) is 4.30. The van der Waals surface area contributed by atoms with Gasteiger partial charge in [0.15, 0.2) is 0 Å². The standard InChI is InChI=1S/C28H27N5O3S/c1-16-6-3-4-8-22(16)36-19-9-10-20(17(2)14-19)33-21-11-13-30-27-23(21)24(32-28(33)35)25(37-27)26(34)31-18-7-5-12-29-15-18/h3-4,6,8-11,13-14,18,29H,5,7,12,15H2,1-2H3,(H,31,34)(H,32,35)/t18-/m1/s1. The molecule has 0 radical (unpaired) electrons. The highest BCUT2D eigenvalue weighted by Crippen LogP contribution is 2.46. The van der Waals surface area contributed by atoms with E-state index >= 15 is 0 Å². The first-order valence-electron chi connectivity index (χ1n) is 12.4. The van der Waals surface area contributed by atoms with Gasteiger partial charge in [-0.3, -0.25) is 9.69 Å². The molecule has 1 fully saturated rings. The van der Waals surface area contributed by atoms with E-state index in [4.69, 9.17) is 4.74 Å². The topological polar surface area (TPSA) is 95.6 Å². The van der Waals surface area contributed by atoms with Gasteiger partial charge in [-0.15, -0.1) is 11.3 Å². The lowest BCUT2D eigenvalue weighted by molar-refractivity contribution is 0.0935. The monoisotopic (exact) mass is 513 g/mol. The number of hydrogen-bond acceptors (Lipinski definition) is 6. The normalized spacial score (nSPS) is 17.0. The number of thiophene rings is 1. The summed E-state index contributed by atoms with van der Waals surface area (Å²) in [6, 6.07) is 15.1. The Balaban J connectivity index is 1.34. The van der Waals surface area contributed by atoms with E-state index in [1.54, 1.807) is 11.1 Å². The minimum Gasteiger partial charge on any atom is -0.457 e. The van der Waals surface area contributed by atoms with E-state index in [9.17, 15) is 9.59 Å². The van der Waals surface area contributed by atoms with Gasteiger partial charge in [-0.05, 0) is 74.7 Å². The lowest BCUT2D eigenvalue weighted by Gasteiger charge is -2.30. The van der Waals surface area contributed by atoms with Gasteiger partial charge >= 0.3 is 6.03 Å². The summed E-state index contributed by atoms with van der Waals surface area (Å²) in [7, 11) is 0. The number of hydrogen-bond donors (Lipinski definition) is 3. The molecule has 2 aromatic carbocycles. The second-order valence-corrected chi connectivity index (χ2v) is 10.4. The molecule has 37 heavy (non-hydrogen) atoms. The molecule has 3 amide bonds. The van der Waals surface area contributed by atoms with E-state index in [0.29, 0.717) is 26.8 Å². The molecule has 188 valence electrons. The average molecular weight is 514 g/mol. The van der Waals surface area contributed by atoms with Crippen LogP contribution in [0.4, 0.5) is 21.9 Å². The van der Waals surface area contributed by atoms with E-state index in [-0.39, 0.29) is 18.0 Å². The molecule has 0 saturated carbocycles. The summed E-state index contributed by atoms with van der Waals surface area (Å²) in [5.41, 5.74) is 3.89. The van der Waals surface area contributed by atoms with Crippen LogP contribution in [0.15, 0.2) is 54.7 Å². The molecule has 3 N–H and O–H groups in total. The van der Waals surface area contributed by atoms with Gasteiger partial charge < -0.3 is 20.7 Å². The second-order valence-electron chi connectivity index (χ2n) is 9.41. The molecule has 8 nitrogen and oxygen atoms in total. The highest BCUT2D eigenvalue weighted by molar-refractivity contribution is 7.21. The smallest absolute Gasteiger partial charge is 0.331 e. The van der Waals surface area contributed by atoms with Crippen LogP contribution in [0.2, 0.25) is 0 Å². The number of rotatable bonds is 5. The Kier molecular flexibility index (Phi) is 6.02. The molecule has 4 aromatic rings. The molecule has 1 saturated heterocycles. The molecular formula is C28H27N5O3S. The fourth-order valence-corrected chi connectivity index (χ4v) is 5.97. The van der Waals surface area contributed by atoms with Crippen LogP contribution in [0.25, 0.3) is 10.2 Å². The van der Waals surface area contributed by atoms with Gasteiger partial charge in [-0.2, -0.15) is 0 Å². The summed E-state index contributed by atoms with van der Waals surface area (Å²) in [6.07, 6.45) is 3.64. The van der Waals surface area contributed by atoms with Crippen LogP contribution in [0.3, 0.4) is 0 Å². The Hall–Kier alpha value is -3.95. The number of ether oxygens (including phenoxy) is 1. The maximum Gasteiger partial charge on any atom is 0.331 e. The van der Waals surface area contributed by atoms with Crippen molar-refractivity contribution in [3.8, 4) is 11.5 Å². The Labute approximate surface area is 218 Å². The van der Waals surface area contributed by atoms with Crippen LogP contribution >= 0.6 is 11.3 Å². The quantitative estimate of drug-likeness (QED) is 0.310. The van der Waals surface area contributed by atoms with Crippen molar-refractivity contribution in [3.05, 3.63) is 70.7 Å². The fraction of sp³-hybridized carbons (Fsp3) is 0.250. The average Bonchev–Trinajstić information content (AvgIpc) is 3.27. The molecule has 6 rings (SSSR count). The number of aromatic nitrogens is 1. The summed E-state index contributed by atoms with van der Waals surface area (Å²) in [5, 5.41) is 10.2. The maximum atomic E-state index is 13.5. The summed E-state index contributed by atoms with van der Waals surface area (Å²) in [6.45, 7) is 5.67. The van der Waals surface area contributed by atoms with E-state index < -0.39 is 0 Å². The number of urea groups is 1. The van der Waals surface area contributed by atoms with Crippen LogP contribution in [0.1, 0.15) is 33.6 Å². The van der Waals surface area contributed by atoms with Gasteiger partial charge in [0.25, 0.3) is 5.91 Å². The molecule has 1 atom stereocenters. The van der Waals surface area contributed by atoms with Gasteiger partial charge in [0.05, 0.1) is 22.4 Å². The number of anilines is 3. The molecule has 2 aliphatic rings. The van der Waals surface area contributed by atoms with Gasteiger partial charge in [0.2, 0.25) is 0 Å². The Morgan fingerprint density at radius 2 is 2.00 bits per heavy atom. The lowest BCUT2D eigenvalue weighted by Crippen LogP contribution is -2.45. The molecular weight excluding hydrogens is 486 g/mol. The van der Waals surface area contributed by atoms with E-state index in [1.807, 2.05) is 62.4 Å². The van der Waals surface area contributed by atoms with Crippen molar-refractivity contribution in [1.82, 2.24) is 15.6 Å². The number of carbonyl (C=O) groups is 2. The number of aryl methyl sites for hydroxylation is 2. The van der Waals surface area contributed by atoms with E-state index in [0.717, 1.165) is 53.9 Å². The van der Waals surface area contributed by atoms with Crippen LogP contribution in [-0.2, 0) is 0 Å². The number of nitrogens with zero attached hydrogens (tertiary/aromatic N) is 2. The van der Waals surface area contributed by atoms with Crippen LogP contribution < -0.4 is 25.6 Å². The molecule has 0 unspecified atom stereocenters. The van der Waals surface area contributed by atoms with Crippen LogP contribution in [0.5, 0.6) is 11.5 Å². The predicted molar refractivity (Wildman–Crippen MR) is 147 cm³/mol. The van der Waals surface area contributed by atoms with Crippen molar-refractivity contribution in [3.63, 3.8) is 0 Å². The number of nitrogens with one attached hydrogen (secondary N) is 3. The number of para-hydroxylation sites is 1. The number of benzene rings is 2. The minimum atomic E-state index is -0.317. The van der Waals surface area contributed by atoms with Gasteiger partial charge in [-0.25, -0.2) is 9.78 Å². The first kappa shape index (κ1) is 23.4. The number of amides is 3. The molecule has 2 aliphatic heterocycles. The second kappa shape index (κ2) is 9.49. The Morgan fingerprint density at radius 3 is 2.78 bits per heavy atom. The Morgan fingerprint density at radius 1 is 1.14 bits per heavy atom. The van der Waals surface area contributed by atoms with Gasteiger partial charge in [-0.1, -0.05) is 18.2 Å². The van der Waals surface area contributed by atoms with Gasteiger partial charge in [0.1, 0.15) is 21.2 Å². The number of pyridine rings is 1. The SMILES string of the molecule is Cc1ccccc1Oc1ccc(N2C(=O)Nc3c(C(=O)N[C@@H]4CCCNC4)sc4nccc2c34)c(C)c1. The molecule has 2 aromatic heterocycles. The van der Waals surface area contributed by atoms with Crippen molar-refractivity contribution < 1.29 is 14.3 Å². The largest absolute Gasteiger partial charge is 0.457 e. The Bertz CT molecular complexity index is 1530. The highest BCUT2D eigenvalue weighted by atomic mass is 32.1. The van der Waals surface area contributed by atoms with Crippen molar-refractivity contribution >= 4 is 50.6 Å². The van der Waals surface area contributed by atoms with Crippen molar-refractivity contribution in [2.45, 2.75) is 32.7 Å². The fourth-order valence-electron chi connectivity index (χ4n) is 4.95. The van der Waals surface area contributed by atoms with Crippen molar-refractivity contribution in [2.75, 3.05) is 23.3 Å². The summed E-state index contributed by atoms with van der Waals surface area (Å²) >= 11 is 1.30. The van der Waals surface area contributed by atoms with Crippen LogP contribution in [0, 0.1) is 13.8 Å².